The second-order valence-corrected chi connectivity index (χ2v) is 9.42. The highest BCUT2D eigenvalue weighted by atomic mass is 35.5. The van der Waals surface area contributed by atoms with Gasteiger partial charge in [0.2, 0.25) is 0 Å². The monoisotopic (exact) mass is 489 g/mol. The first-order valence-electron chi connectivity index (χ1n) is 10.7. The molecule has 1 aliphatic heterocycles. The van der Waals surface area contributed by atoms with Crippen LogP contribution in [0, 0.1) is 0 Å². The summed E-state index contributed by atoms with van der Waals surface area (Å²) in [6, 6.07) is 11.0. The summed E-state index contributed by atoms with van der Waals surface area (Å²) >= 11 is 7.83. The summed E-state index contributed by atoms with van der Waals surface area (Å²) < 4.78 is 11.0. The van der Waals surface area contributed by atoms with E-state index < -0.39 is 0 Å². The van der Waals surface area contributed by atoms with E-state index in [0.29, 0.717) is 22.0 Å². The number of imidazole rings is 1. The Hall–Kier alpha value is -2.46. The van der Waals surface area contributed by atoms with Crippen LogP contribution in [0.3, 0.4) is 0 Å². The number of nitrogen functional groups attached to an aromatic ring is 1. The molecule has 1 fully saturated rings. The quantitative estimate of drug-likeness (QED) is 0.329. The molecule has 2 atom stereocenters. The fourth-order valence-corrected chi connectivity index (χ4v) is 5.07. The van der Waals surface area contributed by atoms with Crippen molar-refractivity contribution in [3.05, 3.63) is 47.0 Å². The Labute approximate surface area is 202 Å². The van der Waals surface area contributed by atoms with E-state index in [4.69, 9.17) is 26.8 Å². The number of aromatic nitrogens is 2. The third-order valence-corrected chi connectivity index (χ3v) is 7.02. The zero-order valence-electron chi connectivity index (χ0n) is 18.6. The lowest BCUT2D eigenvalue weighted by atomic mass is 10.0. The van der Waals surface area contributed by atoms with E-state index in [1.807, 2.05) is 24.3 Å². The second-order valence-electron chi connectivity index (χ2n) is 7.92. The van der Waals surface area contributed by atoms with Crippen molar-refractivity contribution in [2.24, 2.45) is 0 Å². The van der Waals surface area contributed by atoms with Crippen LogP contribution >= 0.6 is 23.4 Å². The maximum Gasteiger partial charge on any atom is 0.255 e. The average Bonchev–Trinajstić information content (AvgIpc) is 3.24. The molecule has 2 heterocycles. The molecule has 4 N–H and O–H groups in total. The van der Waals surface area contributed by atoms with Crippen LogP contribution < -0.4 is 15.8 Å². The van der Waals surface area contributed by atoms with Crippen LogP contribution in [-0.2, 0) is 4.74 Å². The number of carbonyl (C=O) groups excluding carboxylic acids is 1. The normalized spacial score (nSPS) is 19.0. The van der Waals surface area contributed by atoms with E-state index in [-0.39, 0.29) is 18.1 Å². The molecule has 33 heavy (non-hydrogen) atoms. The molecule has 10 heteroatoms. The van der Waals surface area contributed by atoms with Crippen molar-refractivity contribution >= 4 is 46.0 Å². The number of benzene rings is 2. The summed E-state index contributed by atoms with van der Waals surface area (Å²) in [5.41, 5.74) is 8.59. The zero-order valence-corrected chi connectivity index (χ0v) is 20.2. The summed E-state index contributed by atoms with van der Waals surface area (Å²) in [4.78, 5) is 23.2. The van der Waals surface area contributed by atoms with Gasteiger partial charge in [0.05, 0.1) is 46.6 Å². The molecular weight excluding hydrogens is 462 g/mol. The number of piperidine rings is 1. The minimum Gasteiger partial charge on any atom is -0.496 e. The third kappa shape index (κ3) is 5.55. The van der Waals surface area contributed by atoms with Gasteiger partial charge in [0.1, 0.15) is 5.75 Å². The van der Waals surface area contributed by atoms with E-state index in [1.165, 1.54) is 13.2 Å². The summed E-state index contributed by atoms with van der Waals surface area (Å²) in [5, 5.41) is 4.33. The lowest BCUT2D eigenvalue weighted by molar-refractivity contribution is 0.00833. The van der Waals surface area contributed by atoms with Gasteiger partial charge >= 0.3 is 0 Å². The molecule has 1 aromatic heterocycles. The minimum absolute atomic E-state index is 0.109. The van der Waals surface area contributed by atoms with E-state index in [0.717, 1.165) is 48.0 Å². The number of hydrogen-bond donors (Lipinski definition) is 3. The van der Waals surface area contributed by atoms with E-state index >= 15 is 0 Å². The zero-order chi connectivity index (χ0) is 23.4. The van der Waals surface area contributed by atoms with Gasteiger partial charge in [0, 0.05) is 38.6 Å². The highest BCUT2D eigenvalue weighted by Crippen LogP contribution is 2.29. The van der Waals surface area contributed by atoms with Gasteiger partial charge in [-0.25, -0.2) is 4.98 Å². The first-order chi connectivity index (χ1) is 16.0. The number of methoxy groups -OCH3 is 2. The standard InChI is InChI=1S/C23H28ClN5O3S/c1-31-20-12-16(25)15(24)11-14(20)22(30)26-19-7-8-29(13-21(19)32-2)9-10-33-23-27-17-5-3-4-6-18(17)28-23/h3-6,11-12,19,21H,7-10,13,25H2,1-2H3,(H,26,30)(H,27,28)/t19-,21+/m1/s1. The average molecular weight is 490 g/mol. The Morgan fingerprint density at radius 1 is 1.36 bits per heavy atom. The smallest absolute Gasteiger partial charge is 0.255 e. The Morgan fingerprint density at radius 3 is 2.94 bits per heavy atom. The Balaban J connectivity index is 1.31. The van der Waals surface area contributed by atoms with Crippen LogP contribution in [0.15, 0.2) is 41.6 Å². The maximum absolute atomic E-state index is 12.9. The molecule has 0 aliphatic carbocycles. The first-order valence-corrected chi connectivity index (χ1v) is 12.1. The van der Waals surface area contributed by atoms with Crippen LogP contribution in [0.1, 0.15) is 16.8 Å². The molecule has 1 amide bonds. The largest absolute Gasteiger partial charge is 0.496 e. The molecule has 0 saturated carbocycles. The predicted octanol–water partition coefficient (Wildman–Crippen LogP) is 3.42. The predicted molar refractivity (Wildman–Crippen MR) is 132 cm³/mol. The number of H-pyrrole nitrogens is 1. The fraction of sp³-hybridized carbons (Fsp3) is 0.391. The van der Waals surface area contributed by atoms with Gasteiger partial charge in [0.25, 0.3) is 5.91 Å². The highest BCUT2D eigenvalue weighted by Gasteiger charge is 2.31. The summed E-state index contributed by atoms with van der Waals surface area (Å²) in [5.74, 6) is 1.05. The van der Waals surface area contributed by atoms with Gasteiger partial charge in [-0.3, -0.25) is 9.69 Å². The number of para-hydroxylation sites is 2. The number of anilines is 1. The number of hydrogen-bond acceptors (Lipinski definition) is 7. The van der Waals surface area contributed by atoms with Gasteiger partial charge in [-0.2, -0.15) is 0 Å². The lowest BCUT2D eigenvalue weighted by Crippen LogP contribution is -2.55. The molecule has 3 aromatic rings. The molecule has 0 spiro atoms. The number of thioether (sulfide) groups is 1. The van der Waals surface area contributed by atoms with Crippen molar-refractivity contribution in [2.75, 3.05) is 45.3 Å². The van der Waals surface area contributed by atoms with E-state index in [1.54, 1.807) is 24.9 Å². The van der Waals surface area contributed by atoms with E-state index in [2.05, 4.69) is 20.2 Å². The van der Waals surface area contributed by atoms with Gasteiger partial charge in [-0.05, 0) is 24.6 Å². The lowest BCUT2D eigenvalue weighted by Gasteiger charge is -2.38. The molecule has 4 rings (SSSR count). The number of fused-ring (bicyclic) bond motifs is 1. The minimum atomic E-state index is -0.255. The molecule has 0 radical (unpaired) electrons. The van der Waals surface area contributed by atoms with Crippen molar-refractivity contribution in [3.63, 3.8) is 0 Å². The molecule has 2 aromatic carbocycles. The number of carbonyl (C=O) groups is 1. The molecule has 176 valence electrons. The van der Waals surface area contributed by atoms with Gasteiger partial charge in [0.15, 0.2) is 5.16 Å². The first kappa shape index (κ1) is 23.7. The Kier molecular flexibility index (Phi) is 7.64. The Morgan fingerprint density at radius 2 is 2.18 bits per heavy atom. The number of halogens is 1. The van der Waals surface area contributed by atoms with Crippen LogP contribution in [0.2, 0.25) is 5.02 Å². The molecule has 1 aliphatic rings. The highest BCUT2D eigenvalue weighted by molar-refractivity contribution is 7.99. The number of amides is 1. The van der Waals surface area contributed by atoms with Crippen LogP contribution in [0.4, 0.5) is 5.69 Å². The Bertz CT molecular complexity index is 1090. The van der Waals surface area contributed by atoms with Gasteiger partial charge in [-0.1, -0.05) is 35.5 Å². The van der Waals surface area contributed by atoms with Crippen LogP contribution in [-0.4, -0.2) is 72.5 Å². The molecular formula is C23H28ClN5O3S. The van der Waals surface area contributed by atoms with Crippen molar-refractivity contribution in [1.29, 1.82) is 0 Å². The topological polar surface area (TPSA) is 105 Å². The number of ether oxygens (including phenoxy) is 2. The van der Waals surface area contributed by atoms with Crippen LogP contribution in [0.25, 0.3) is 11.0 Å². The molecule has 8 nitrogen and oxygen atoms in total. The fourth-order valence-electron chi connectivity index (χ4n) is 4.02. The summed E-state index contributed by atoms with van der Waals surface area (Å²) in [6.45, 7) is 2.51. The number of nitrogens with zero attached hydrogens (tertiary/aromatic N) is 2. The number of aromatic amines is 1. The van der Waals surface area contributed by atoms with E-state index in [9.17, 15) is 4.79 Å². The summed E-state index contributed by atoms with van der Waals surface area (Å²) in [6.07, 6.45) is 0.666. The third-order valence-electron chi connectivity index (χ3n) is 5.84. The number of nitrogens with one attached hydrogen (secondary N) is 2. The molecule has 1 saturated heterocycles. The van der Waals surface area contributed by atoms with Crippen molar-refractivity contribution in [1.82, 2.24) is 20.2 Å². The second kappa shape index (κ2) is 10.6. The molecule has 0 bridgehead atoms. The van der Waals surface area contributed by atoms with Crippen LogP contribution in [0.5, 0.6) is 5.75 Å². The molecule has 0 unspecified atom stereocenters. The van der Waals surface area contributed by atoms with Gasteiger partial charge in [-0.15, -0.1) is 0 Å². The number of likely N-dealkylation sites (tertiary alicyclic amines) is 1. The SMILES string of the molecule is COc1cc(N)c(Cl)cc1C(=O)N[C@@H]1CCN(CCSc2nc3ccccc3[nH]2)C[C@@H]1OC. The van der Waals surface area contributed by atoms with Crippen molar-refractivity contribution < 1.29 is 14.3 Å². The summed E-state index contributed by atoms with van der Waals surface area (Å²) in [7, 11) is 3.18. The number of rotatable bonds is 8. The maximum atomic E-state index is 12.9. The number of nitrogens with two attached hydrogens (primary N) is 1. The van der Waals surface area contributed by atoms with Crippen molar-refractivity contribution in [3.8, 4) is 5.75 Å². The van der Waals surface area contributed by atoms with Gasteiger partial charge < -0.3 is 25.5 Å². The van der Waals surface area contributed by atoms with Crippen molar-refractivity contribution in [2.45, 2.75) is 23.7 Å².